The zero-order chi connectivity index (χ0) is 12.0. The molecule has 0 bridgehead atoms. The largest absolute Gasteiger partial charge is 0.481 e. The molecule has 0 atom stereocenters. The molecule has 4 nitrogen and oxygen atoms in total. The number of nitrogens with zero attached hydrogens (tertiary/aromatic N) is 1. The molecule has 0 aromatic rings. The summed E-state index contributed by atoms with van der Waals surface area (Å²) in [5.41, 5.74) is 0. The number of carbonyl (C=O) groups excluding carboxylic acids is 1. The number of carbonyl (C=O) groups is 2. The first kappa shape index (κ1) is 13.0. The first-order valence-corrected chi connectivity index (χ1v) is 6.05. The minimum absolute atomic E-state index is 0.0770. The second kappa shape index (κ2) is 6.51. The van der Waals surface area contributed by atoms with Crippen LogP contribution in [0.25, 0.3) is 0 Å². The van der Waals surface area contributed by atoms with Crippen molar-refractivity contribution < 1.29 is 14.7 Å². The second-order valence-corrected chi connectivity index (χ2v) is 4.67. The van der Waals surface area contributed by atoms with E-state index in [1.165, 1.54) is 25.7 Å². The van der Waals surface area contributed by atoms with Crippen molar-refractivity contribution in [3.63, 3.8) is 0 Å². The van der Waals surface area contributed by atoms with Crippen LogP contribution in [-0.4, -0.2) is 35.5 Å². The van der Waals surface area contributed by atoms with Gasteiger partial charge in [-0.25, -0.2) is 0 Å². The van der Waals surface area contributed by atoms with E-state index in [9.17, 15) is 9.59 Å². The zero-order valence-electron chi connectivity index (χ0n) is 9.95. The quantitative estimate of drug-likeness (QED) is 0.753. The number of carboxylic acid groups (broad SMARTS) is 1. The van der Waals surface area contributed by atoms with Crippen LogP contribution in [0.5, 0.6) is 0 Å². The summed E-state index contributed by atoms with van der Waals surface area (Å²) in [5.74, 6) is -0.0900. The molecule has 0 aromatic carbocycles. The second-order valence-electron chi connectivity index (χ2n) is 4.67. The van der Waals surface area contributed by atoms with Gasteiger partial charge in [0, 0.05) is 26.4 Å². The summed E-state index contributed by atoms with van der Waals surface area (Å²) >= 11 is 0. The average molecular weight is 227 g/mol. The van der Waals surface area contributed by atoms with Gasteiger partial charge in [0.2, 0.25) is 5.91 Å². The summed E-state index contributed by atoms with van der Waals surface area (Å²) < 4.78 is 0. The molecule has 1 aliphatic carbocycles. The van der Waals surface area contributed by atoms with Gasteiger partial charge < -0.3 is 10.0 Å². The Labute approximate surface area is 96.6 Å². The maximum absolute atomic E-state index is 11.6. The lowest BCUT2D eigenvalue weighted by atomic mass is 10.1. The molecule has 0 unspecified atom stereocenters. The molecule has 0 aromatic heterocycles. The predicted molar refractivity (Wildman–Crippen MR) is 61.1 cm³/mol. The number of amides is 1. The minimum Gasteiger partial charge on any atom is -0.481 e. The van der Waals surface area contributed by atoms with Crippen LogP contribution in [0.1, 0.15) is 44.9 Å². The van der Waals surface area contributed by atoms with Gasteiger partial charge in [0.15, 0.2) is 0 Å². The Hall–Kier alpha value is -1.06. The fourth-order valence-corrected chi connectivity index (χ4v) is 2.26. The first-order valence-electron chi connectivity index (χ1n) is 6.05. The third kappa shape index (κ3) is 4.64. The Bertz CT molecular complexity index is 247. The predicted octanol–water partition coefficient (Wildman–Crippen LogP) is 1.89. The molecule has 4 heteroatoms. The summed E-state index contributed by atoms with van der Waals surface area (Å²) in [4.78, 5) is 23.7. The number of carboxylic acids is 1. The summed E-state index contributed by atoms with van der Waals surface area (Å²) in [6.45, 7) is 0.839. The highest BCUT2D eigenvalue weighted by Gasteiger charge is 2.19. The van der Waals surface area contributed by atoms with E-state index >= 15 is 0 Å². The lowest BCUT2D eigenvalue weighted by Gasteiger charge is -2.20. The van der Waals surface area contributed by atoms with Crippen molar-refractivity contribution in [3.8, 4) is 0 Å². The van der Waals surface area contributed by atoms with Crippen molar-refractivity contribution in [1.82, 2.24) is 4.90 Å². The Kier molecular flexibility index (Phi) is 5.29. The van der Waals surface area contributed by atoms with Gasteiger partial charge in [-0.15, -0.1) is 0 Å². The molecule has 0 heterocycles. The lowest BCUT2D eigenvalue weighted by Crippen LogP contribution is -2.30. The highest BCUT2D eigenvalue weighted by Crippen LogP contribution is 2.25. The van der Waals surface area contributed by atoms with Crippen molar-refractivity contribution in [2.24, 2.45) is 5.92 Å². The van der Waals surface area contributed by atoms with Crippen LogP contribution in [0, 0.1) is 5.92 Å². The van der Waals surface area contributed by atoms with Crippen molar-refractivity contribution in [2.45, 2.75) is 44.9 Å². The molecule has 92 valence electrons. The van der Waals surface area contributed by atoms with Gasteiger partial charge in [-0.3, -0.25) is 9.59 Å². The average Bonchev–Trinajstić information content (AvgIpc) is 2.69. The van der Waals surface area contributed by atoms with Crippen LogP contribution < -0.4 is 0 Å². The number of hydrogen-bond donors (Lipinski definition) is 1. The molecule has 1 aliphatic rings. The van der Waals surface area contributed by atoms with E-state index in [1.54, 1.807) is 4.90 Å². The van der Waals surface area contributed by atoms with E-state index in [0.717, 1.165) is 6.54 Å². The van der Waals surface area contributed by atoms with E-state index in [-0.39, 0.29) is 12.3 Å². The van der Waals surface area contributed by atoms with Crippen LogP contribution in [0.2, 0.25) is 0 Å². The van der Waals surface area contributed by atoms with Gasteiger partial charge >= 0.3 is 5.97 Å². The van der Waals surface area contributed by atoms with E-state index in [1.807, 2.05) is 7.05 Å². The van der Waals surface area contributed by atoms with Gasteiger partial charge in [0.25, 0.3) is 0 Å². The third-order valence-electron chi connectivity index (χ3n) is 3.21. The van der Waals surface area contributed by atoms with Crippen LogP contribution in [0.3, 0.4) is 0 Å². The fraction of sp³-hybridized carbons (Fsp3) is 0.833. The van der Waals surface area contributed by atoms with Crippen molar-refractivity contribution >= 4 is 11.9 Å². The van der Waals surface area contributed by atoms with Gasteiger partial charge in [0.05, 0.1) is 0 Å². The summed E-state index contributed by atoms with van der Waals surface area (Å²) in [6.07, 6.45) is 5.92. The SMILES string of the molecule is CN(CC1CCCC1)C(=O)CCCC(=O)O. The third-order valence-corrected chi connectivity index (χ3v) is 3.21. The van der Waals surface area contributed by atoms with Crippen molar-refractivity contribution in [1.29, 1.82) is 0 Å². The van der Waals surface area contributed by atoms with Gasteiger partial charge in [-0.2, -0.15) is 0 Å². The first-order chi connectivity index (χ1) is 7.59. The molecule has 0 saturated heterocycles. The van der Waals surface area contributed by atoms with Gasteiger partial charge in [-0.05, 0) is 25.2 Å². The van der Waals surface area contributed by atoms with Crippen LogP contribution >= 0.6 is 0 Å². The Morgan fingerprint density at radius 3 is 2.44 bits per heavy atom. The Morgan fingerprint density at radius 2 is 1.88 bits per heavy atom. The summed E-state index contributed by atoms with van der Waals surface area (Å²) in [5, 5.41) is 8.47. The summed E-state index contributed by atoms with van der Waals surface area (Å²) in [7, 11) is 1.82. The normalized spacial score (nSPS) is 16.3. The van der Waals surface area contributed by atoms with Crippen LogP contribution in [0.15, 0.2) is 0 Å². The van der Waals surface area contributed by atoms with Crippen molar-refractivity contribution in [2.75, 3.05) is 13.6 Å². The maximum Gasteiger partial charge on any atom is 0.303 e. The van der Waals surface area contributed by atoms with Gasteiger partial charge in [-0.1, -0.05) is 12.8 Å². The molecule has 0 spiro atoms. The lowest BCUT2D eigenvalue weighted by molar-refractivity contribution is -0.137. The molecule has 1 saturated carbocycles. The number of aliphatic carboxylic acids is 1. The Balaban J connectivity index is 2.16. The molecule has 1 fully saturated rings. The highest BCUT2D eigenvalue weighted by atomic mass is 16.4. The van der Waals surface area contributed by atoms with E-state index in [4.69, 9.17) is 5.11 Å². The van der Waals surface area contributed by atoms with E-state index in [0.29, 0.717) is 18.8 Å². The highest BCUT2D eigenvalue weighted by molar-refractivity contribution is 5.76. The van der Waals surface area contributed by atoms with Crippen molar-refractivity contribution in [3.05, 3.63) is 0 Å². The fourth-order valence-electron chi connectivity index (χ4n) is 2.26. The van der Waals surface area contributed by atoms with E-state index < -0.39 is 5.97 Å². The van der Waals surface area contributed by atoms with Crippen LogP contribution in [0.4, 0.5) is 0 Å². The molecule has 1 rings (SSSR count). The molecule has 1 amide bonds. The van der Waals surface area contributed by atoms with Crippen LogP contribution in [-0.2, 0) is 9.59 Å². The number of rotatable bonds is 6. The maximum atomic E-state index is 11.6. The Morgan fingerprint density at radius 1 is 1.25 bits per heavy atom. The van der Waals surface area contributed by atoms with Gasteiger partial charge in [0.1, 0.15) is 0 Å². The molecule has 0 aliphatic heterocycles. The van der Waals surface area contributed by atoms with E-state index in [2.05, 4.69) is 0 Å². The minimum atomic E-state index is -0.828. The molecular weight excluding hydrogens is 206 g/mol. The molecule has 0 radical (unpaired) electrons. The standard InChI is InChI=1S/C12H21NO3/c1-13(9-10-5-2-3-6-10)11(14)7-4-8-12(15)16/h10H,2-9H2,1H3,(H,15,16). The topological polar surface area (TPSA) is 57.6 Å². The smallest absolute Gasteiger partial charge is 0.303 e. The monoisotopic (exact) mass is 227 g/mol. The summed E-state index contributed by atoms with van der Waals surface area (Å²) in [6, 6.07) is 0. The molecular formula is C12H21NO3. The molecule has 16 heavy (non-hydrogen) atoms. The number of hydrogen-bond acceptors (Lipinski definition) is 2. The molecule has 1 N–H and O–H groups in total. The zero-order valence-corrected chi connectivity index (χ0v) is 9.95.